The molecule has 0 unspecified atom stereocenters. The Bertz CT molecular complexity index is 469. The molecule has 1 aliphatic carbocycles. The Hall–Kier alpha value is -1.59. The lowest BCUT2D eigenvalue weighted by molar-refractivity contribution is -0.142. The highest BCUT2D eigenvalue weighted by atomic mass is 16.5. The molecule has 0 aromatic heterocycles. The lowest BCUT2D eigenvalue weighted by Gasteiger charge is -2.27. The molecule has 0 radical (unpaired) electrons. The highest BCUT2D eigenvalue weighted by Crippen LogP contribution is 2.25. The van der Waals surface area contributed by atoms with Gasteiger partial charge in [-0.2, -0.15) is 0 Å². The van der Waals surface area contributed by atoms with E-state index >= 15 is 0 Å². The van der Waals surface area contributed by atoms with Crippen LogP contribution >= 0.6 is 0 Å². The van der Waals surface area contributed by atoms with Crippen LogP contribution in [0.25, 0.3) is 0 Å². The van der Waals surface area contributed by atoms with E-state index in [1.807, 2.05) is 18.2 Å². The lowest BCUT2D eigenvalue weighted by atomic mass is 9.86. The summed E-state index contributed by atoms with van der Waals surface area (Å²) in [4.78, 5) is 11.0. The number of hydrogen-bond acceptors (Lipinski definition) is 4. The molecule has 0 spiro atoms. The van der Waals surface area contributed by atoms with Crippen molar-refractivity contribution in [3.05, 3.63) is 29.8 Å². The van der Waals surface area contributed by atoms with Crippen LogP contribution in [0, 0.1) is 5.92 Å². The molecule has 1 aromatic rings. The van der Waals surface area contributed by atoms with Crippen LogP contribution in [-0.2, 0) is 16.1 Å². The van der Waals surface area contributed by atoms with Gasteiger partial charge in [0, 0.05) is 25.3 Å². The van der Waals surface area contributed by atoms with E-state index in [1.54, 1.807) is 7.11 Å². The Morgan fingerprint density at radius 1 is 1.23 bits per heavy atom. The van der Waals surface area contributed by atoms with Gasteiger partial charge in [0.2, 0.25) is 0 Å². The van der Waals surface area contributed by atoms with Gasteiger partial charge in [-0.25, -0.2) is 0 Å². The van der Waals surface area contributed by atoms with Crippen molar-refractivity contribution in [1.82, 2.24) is 5.32 Å². The van der Waals surface area contributed by atoms with Gasteiger partial charge in [-0.05, 0) is 31.7 Å². The summed E-state index contributed by atoms with van der Waals surface area (Å²) >= 11 is 0. The summed E-state index contributed by atoms with van der Waals surface area (Å²) in [6, 6.07) is 8.37. The van der Waals surface area contributed by atoms with Crippen molar-refractivity contribution in [2.45, 2.75) is 38.3 Å². The molecule has 122 valence electrons. The van der Waals surface area contributed by atoms with Crippen molar-refractivity contribution in [3.8, 4) is 5.75 Å². The minimum atomic E-state index is -0.657. The fourth-order valence-electron chi connectivity index (χ4n) is 2.82. The number of carboxylic acids is 1. The smallest absolute Gasteiger partial charge is 0.306 e. The van der Waals surface area contributed by atoms with E-state index in [4.69, 9.17) is 14.6 Å². The van der Waals surface area contributed by atoms with Crippen molar-refractivity contribution in [3.63, 3.8) is 0 Å². The third kappa shape index (κ3) is 5.00. The fourth-order valence-corrected chi connectivity index (χ4v) is 2.82. The standard InChI is InChI=1S/C17H25NO4/c1-21-10-11-22-16-5-3-2-4-14(16)12-18-15-8-6-13(7-9-15)17(19)20/h2-5,13,15,18H,6-12H2,1H3,(H,19,20). The van der Waals surface area contributed by atoms with Crippen LogP contribution in [0.5, 0.6) is 5.75 Å². The third-order valence-electron chi connectivity index (χ3n) is 4.18. The first-order chi connectivity index (χ1) is 10.7. The van der Waals surface area contributed by atoms with Crippen molar-refractivity contribution < 1.29 is 19.4 Å². The molecule has 0 amide bonds. The number of aliphatic carboxylic acids is 1. The van der Waals surface area contributed by atoms with Crippen LogP contribution in [0.3, 0.4) is 0 Å². The SMILES string of the molecule is COCCOc1ccccc1CNC1CCC(C(=O)O)CC1. The minimum absolute atomic E-state index is 0.164. The number of benzene rings is 1. The average Bonchev–Trinajstić information content (AvgIpc) is 2.54. The summed E-state index contributed by atoms with van der Waals surface area (Å²) in [6.45, 7) is 1.85. The van der Waals surface area contributed by atoms with Gasteiger partial charge in [-0.1, -0.05) is 18.2 Å². The van der Waals surface area contributed by atoms with Crippen LogP contribution < -0.4 is 10.1 Å². The van der Waals surface area contributed by atoms with E-state index in [2.05, 4.69) is 11.4 Å². The molecule has 5 heteroatoms. The number of para-hydroxylation sites is 1. The zero-order valence-electron chi connectivity index (χ0n) is 13.1. The minimum Gasteiger partial charge on any atom is -0.491 e. The van der Waals surface area contributed by atoms with E-state index in [0.29, 0.717) is 19.3 Å². The summed E-state index contributed by atoms with van der Waals surface area (Å²) < 4.78 is 10.7. The maximum atomic E-state index is 11.0. The first kappa shape index (κ1) is 16.8. The third-order valence-corrected chi connectivity index (χ3v) is 4.18. The van der Waals surface area contributed by atoms with Gasteiger partial charge in [0.15, 0.2) is 0 Å². The van der Waals surface area contributed by atoms with Crippen LogP contribution in [0.1, 0.15) is 31.2 Å². The predicted molar refractivity (Wildman–Crippen MR) is 84.0 cm³/mol. The summed E-state index contributed by atoms with van der Waals surface area (Å²) in [5, 5.41) is 12.5. The number of ether oxygens (including phenoxy) is 2. The number of carboxylic acid groups (broad SMARTS) is 1. The normalized spacial score (nSPS) is 21.5. The maximum absolute atomic E-state index is 11.0. The molecule has 1 aliphatic rings. The van der Waals surface area contributed by atoms with E-state index in [-0.39, 0.29) is 5.92 Å². The monoisotopic (exact) mass is 307 g/mol. The van der Waals surface area contributed by atoms with Gasteiger partial charge in [-0.3, -0.25) is 4.79 Å². The highest BCUT2D eigenvalue weighted by Gasteiger charge is 2.25. The molecular formula is C17H25NO4. The van der Waals surface area contributed by atoms with Crippen molar-refractivity contribution in [2.75, 3.05) is 20.3 Å². The summed E-state index contributed by atoms with van der Waals surface area (Å²) in [6.07, 6.45) is 3.37. The lowest BCUT2D eigenvalue weighted by Crippen LogP contribution is -2.34. The maximum Gasteiger partial charge on any atom is 0.306 e. The fraction of sp³-hybridized carbons (Fsp3) is 0.588. The molecule has 1 aromatic carbocycles. The average molecular weight is 307 g/mol. The molecule has 0 bridgehead atoms. The van der Waals surface area contributed by atoms with Crippen molar-refractivity contribution in [1.29, 1.82) is 0 Å². The Morgan fingerprint density at radius 2 is 1.95 bits per heavy atom. The van der Waals surface area contributed by atoms with Crippen LogP contribution in [0.4, 0.5) is 0 Å². The Labute approximate surface area is 131 Å². The zero-order chi connectivity index (χ0) is 15.8. The van der Waals surface area contributed by atoms with Gasteiger partial charge in [0.25, 0.3) is 0 Å². The summed E-state index contributed by atoms with van der Waals surface area (Å²) in [5.41, 5.74) is 1.12. The molecule has 1 fully saturated rings. The number of nitrogens with one attached hydrogen (secondary N) is 1. The van der Waals surface area contributed by atoms with Gasteiger partial charge < -0.3 is 19.9 Å². The predicted octanol–water partition coefficient (Wildman–Crippen LogP) is 2.44. The molecule has 0 atom stereocenters. The molecule has 0 heterocycles. The number of rotatable bonds is 8. The quantitative estimate of drug-likeness (QED) is 0.722. The van der Waals surface area contributed by atoms with Crippen molar-refractivity contribution in [2.24, 2.45) is 5.92 Å². The molecule has 22 heavy (non-hydrogen) atoms. The van der Waals surface area contributed by atoms with Crippen LogP contribution in [0.2, 0.25) is 0 Å². The number of hydrogen-bond donors (Lipinski definition) is 2. The molecule has 2 N–H and O–H groups in total. The first-order valence-electron chi connectivity index (χ1n) is 7.86. The zero-order valence-corrected chi connectivity index (χ0v) is 13.1. The number of carbonyl (C=O) groups is 1. The topological polar surface area (TPSA) is 67.8 Å². The summed E-state index contributed by atoms with van der Waals surface area (Å²) in [5.74, 6) is 0.0596. The van der Waals surface area contributed by atoms with E-state index < -0.39 is 5.97 Å². The number of methoxy groups -OCH3 is 1. The van der Waals surface area contributed by atoms with Crippen molar-refractivity contribution >= 4 is 5.97 Å². The Kier molecular flexibility index (Phi) is 6.68. The van der Waals surface area contributed by atoms with Gasteiger partial charge in [-0.15, -0.1) is 0 Å². The second kappa shape index (κ2) is 8.76. The van der Waals surface area contributed by atoms with Crippen LogP contribution in [-0.4, -0.2) is 37.4 Å². The molecule has 2 rings (SSSR count). The largest absolute Gasteiger partial charge is 0.491 e. The Morgan fingerprint density at radius 3 is 2.64 bits per heavy atom. The molecule has 0 saturated heterocycles. The van der Waals surface area contributed by atoms with Gasteiger partial charge in [0.1, 0.15) is 12.4 Å². The highest BCUT2D eigenvalue weighted by molar-refractivity contribution is 5.70. The molecule has 0 aliphatic heterocycles. The molecule has 1 saturated carbocycles. The first-order valence-corrected chi connectivity index (χ1v) is 7.86. The second-order valence-corrected chi connectivity index (χ2v) is 5.72. The van der Waals surface area contributed by atoms with E-state index in [0.717, 1.165) is 43.5 Å². The Balaban J connectivity index is 1.80. The van der Waals surface area contributed by atoms with Crippen LogP contribution in [0.15, 0.2) is 24.3 Å². The molecular weight excluding hydrogens is 282 g/mol. The summed E-state index contributed by atoms with van der Waals surface area (Å²) in [7, 11) is 1.66. The second-order valence-electron chi connectivity index (χ2n) is 5.72. The van der Waals surface area contributed by atoms with Gasteiger partial charge in [0.05, 0.1) is 12.5 Å². The van der Waals surface area contributed by atoms with E-state index in [9.17, 15) is 4.79 Å². The van der Waals surface area contributed by atoms with E-state index in [1.165, 1.54) is 0 Å². The van der Waals surface area contributed by atoms with Gasteiger partial charge >= 0.3 is 5.97 Å². The molecule has 5 nitrogen and oxygen atoms in total.